The molecule has 2 aromatic heterocycles. The van der Waals surface area contributed by atoms with Crippen LogP contribution in [-0.2, 0) is 6.42 Å². The van der Waals surface area contributed by atoms with Gasteiger partial charge in [0.1, 0.15) is 17.0 Å². The van der Waals surface area contributed by atoms with Gasteiger partial charge in [-0.1, -0.05) is 11.4 Å². The molecule has 2 aromatic rings. The van der Waals surface area contributed by atoms with E-state index >= 15 is 0 Å². The second-order valence-corrected chi connectivity index (χ2v) is 7.68. The lowest BCUT2D eigenvalue weighted by Crippen LogP contribution is -2.43. The molecule has 8 nitrogen and oxygen atoms in total. The average molecular weight is 374 g/mol. The number of aromatic nitrogens is 4. The summed E-state index contributed by atoms with van der Waals surface area (Å²) < 4.78 is 3.87. The molecule has 2 N–H and O–H groups in total. The zero-order valence-corrected chi connectivity index (χ0v) is 15.4. The Morgan fingerprint density at radius 1 is 1.42 bits per heavy atom. The molecule has 1 amide bonds. The van der Waals surface area contributed by atoms with Crippen LogP contribution >= 0.6 is 11.5 Å². The third-order valence-electron chi connectivity index (χ3n) is 5.15. The molecular weight excluding hydrogens is 352 g/mol. The van der Waals surface area contributed by atoms with Crippen molar-refractivity contribution in [2.45, 2.75) is 50.7 Å². The van der Waals surface area contributed by atoms with E-state index < -0.39 is 0 Å². The van der Waals surface area contributed by atoms with E-state index in [-0.39, 0.29) is 18.1 Å². The maximum absolute atomic E-state index is 12.4. The van der Waals surface area contributed by atoms with Gasteiger partial charge in [-0.05, 0) is 37.2 Å². The number of hydrogen-bond donors (Lipinski definition) is 2. The number of carbonyl (C=O) groups is 1. The second-order valence-electron chi connectivity index (χ2n) is 6.93. The zero-order chi connectivity index (χ0) is 18.1. The predicted molar refractivity (Wildman–Crippen MR) is 97.4 cm³/mol. The number of nitrogens with one attached hydrogen (secondary N) is 1. The Balaban J connectivity index is 1.34. The third kappa shape index (κ3) is 3.41. The summed E-state index contributed by atoms with van der Waals surface area (Å²) in [5.41, 5.74) is 1.77. The minimum Gasteiger partial charge on any atom is -0.391 e. The first-order valence-corrected chi connectivity index (χ1v) is 9.78. The summed E-state index contributed by atoms with van der Waals surface area (Å²) in [7, 11) is 0. The van der Waals surface area contributed by atoms with Crippen LogP contribution in [0.25, 0.3) is 0 Å². The molecule has 26 heavy (non-hydrogen) atoms. The van der Waals surface area contributed by atoms with Gasteiger partial charge < -0.3 is 15.3 Å². The Kier molecular flexibility index (Phi) is 4.82. The van der Waals surface area contributed by atoms with Crippen molar-refractivity contribution < 1.29 is 9.90 Å². The van der Waals surface area contributed by atoms with E-state index in [9.17, 15) is 9.90 Å². The van der Waals surface area contributed by atoms with Gasteiger partial charge in [-0.3, -0.25) is 4.79 Å². The van der Waals surface area contributed by atoms with E-state index in [4.69, 9.17) is 0 Å². The van der Waals surface area contributed by atoms with Gasteiger partial charge in [-0.2, -0.15) is 0 Å². The van der Waals surface area contributed by atoms with Crippen LogP contribution in [0.2, 0.25) is 0 Å². The lowest BCUT2D eigenvalue weighted by Gasteiger charge is -2.35. The summed E-state index contributed by atoms with van der Waals surface area (Å²) in [6.07, 6.45) is 4.56. The number of aliphatic hydroxyl groups excluding tert-OH is 1. The molecule has 0 aromatic carbocycles. The standard InChI is InChI=1S/C17H22N6O2S/c1-2-13-16(26-22-21-13)17(25)20-11-5-10(6-11)14-7-15(19-9-18-14)23-4-3-12(24)8-23/h7,9-12,24H,2-6,8H2,1H3,(H,20,25). The molecule has 2 fully saturated rings. The van der Waals surface area contributed by atoms with Crippen molar-refractivity contribution in [3.8, 4) is 0 Å². The quantitative estimate of drug-likeness (QED) is 0.808. The van der Waals surface area contributed by atoms with Crippen molar-refractivity contribution in [1.29, 1.82) is 0 Å². The first-order valence-electron chi connectivity index (χ1n) is 9.01. The Bertz CT molecular complexity index is 791. The van der Waals surface area contributed by atoms with Crippen molar-refractivity contribution in [2.75, 3.05) is 18.0 Å². The molecule has 0 radical (unpaired) electrons. The van der Waals surface area contributed by atoms with E-state index in [1.54, 1.807) is 6.33 Å². The Morgan fingerprint density at radius 3 is 3.00 bits per heavy atom. The first kappa shape index (κ1) is 17.3. The van der Waals surface area contributed by atoms with Crippen LogP contribution in [0.4, 0.5) is 5.82 Å². The molecule has 1 atom stereocenters. The normalized spacial score (nSPS) is 25.2. The number of β-amino-alcohol motifs (C(OH)–C–C–N with tert-alkyl or cyclic N) is 1. The zero-order valence-electron chi connectivity index (χ0n) is 14.6. The number of aliphatic hydroxyl groups is 1. The number of carbonyl (C=O) groups excluding carboxylic acids is 1. The van der Waals surface area contributed by atoms with Gasteiger partial charge in [0.25, 0.3) is 5.91 Å². The fraction of sp³-hybridized carbons (Fsp3) is 0.588. The van der Waals surface area contributed by atoms with Crippen molar-refractivity contribution in [1.82, 2.24) is 24.9 Å². The first-order chi connectivity index (χ1) is 12.6. The SMILES string of the molecule is CCc1nnsc1C(=O)NC1CC(c2cc(N3CCC(O)C3)ncn2)C1. The monoisotopic (exact) mass is 374 g/mol. The Labute approximate surface area is 155 Å². The van der Waals surface area contributed by atoms with E-state index in [0.29, 0.717) is 23.8 Å². The molecule has 1 saturated heterocycles. The van der Waals surface area contributed by atoms with E-state index in [1.165, 1.54) is 0 Å². The fourth-order valence-electron chi connectivity index (χ4n) is 3.55. The third-order valence-corrected chi connectivity index (χ3v) is 5.92. The van der Waals surface area contributed by atoms with Crippen LogP contribution < -0.4 is 10.2 Å². The van der Waals surface area contributed by atoms with Crippen LogP contribution in [0.15, 0.2) is 12.4 Å². The molecular formula is C17H22N6O2S. The summed E-state index contributed by atoms with van der Waals surface area (Å²) in [4.78, 5) is 23.8. The number of aryl methyl sites for hydroxylation is 1. The number of amides is 1. The minimum atomic E-state index is -0.272. The minimum absolute atomic E-state index is 0.0743. The lowest BCUT2D eigenvalue weighted by atomic mass is 9.78. The van der Waals surface area contributed by atoms with Crippen LogP contribution in [0.5, 0.6) is 0 Å². The Hall–Kier alpha value is -2.13. The van der Waals surface area contributed by atoms with Gasteiger partial charge in [-0.15, -0.1) is 5.10 Å². The molecule has 3 heterocycles. The molecule has 2 aliphatic rings. The van der Waals surface area contributed by atoms with Crippen molar-refractivity contribution in [2.24, 2.45) is 0 Å². The molecule has 0 bridgehead atoms. The maximum Gasteiger partial charge on any atom is 0.265 e. The van der Waals surface area contributed by atoms with Gasteiger partial charge in [0.05, 0.1) is 11.8 Å². The predicted octanol–water partition coefficient (Wildman–Crippen LogP) is 1.14. The molecule has 9 heteroatoms. The summed E-state index contributed by atoms with van der Waals surface area (Å²) in [6, 6.07) is 2.18. The Morgan fingerprint density at radius 2 is 2.27 bits per heavy atom. The molecule has 1 aliphatic carbocycles. The summed E-state index contributed by atoms with van der Waals surface area (Å²) in [5.74, 6) is 1.14. The van der Waals surface area contributed by atoms with Gasteiger partial charge in [-0.25, -0.2) is 9.97 Å². The number of nitrogens with zero attached hydrogens (tertiary/aromatic N) is 5. The highest BCUT2D eigenvalue weighted by atomic mass is 32.1. The largest absolute Gasteiger partial charge is 0.391 e. The summed E-state index contributed by atoms with van der Waals surface area (Å²) >= 11 is 1.15. The average Bonchev–Trinajstić information content (AvgIpc) is 3.26. The number of anilines is 1. The lowest BCUT2D eigenvalue weighted by molar-refractivity contribution is 0.0911. The summed E-state index contributed by atoms with van der Waals surface area (Å²) in [5, 5.41) is 16.8. The highest BCUT2D eigenvalue weighted by Gasteiger charge is 2.34. The van der Waals surface area contributed by atoms with E-state index in [0.717, 1.165) is 54.5 Å². The highest BCUT2D eigenvalue weighted by Crippen LogP contribution is 2.37. The molecule has 1 saturated carbocycles. The number of hydrogen-bond acceptors (Lipinski definition) is 8. The van der Waals surface area contributed by atoms with E-state index in [2.05, 4.69) is 29.8 Å². The van der Waals surface area contributed by atoms with Gasteiger partial charge in [0, 0.05) is 36.8 Å². The molecule has 4 rings (SSSR count). The van der Waals surface area contributed by atoms with E-state index in [1.807, 2.05) is 13.0 Å². The highest BCUT2D eigenvalue weighted by molar-refractivity contribution is 7.08. The molecule has 1 aliphatic heterocycles. The molecule has 1 unspecified atom stereocenters. The van der Waals surface area contributed by atoms with Crippen LogP contribution in [0.1, 0.15) is 53.2 Å². The smallest absolute Gasteiger partial charge is 0.265 e. The van der Waals surface area contributed by atoms with Crippen LogP contribution in [-0.4, -0.2) is 55.8 Å². The van der Waals surface area contributed by atoms with Crippen molar-refractivity contribution in [3.63, 3.8) is 0 Å². The number of rotatable bonds is 5. The van der Waals surface area contributed by atoms with Crippen molar-refractivity contribution in [3.05, 3.63) is 28.7 Å². The van der Waals surface area contributed by atoms with Gasteiger partial charge >= 0.3 is 0 Å². The maximum atomic E-state index is 12.4. The van der Waals surface area contributed by atoms with Crippen LogP contribution in [0, 0.1) is 0 Å². The second kappa shape index (κ2) is 7.24. The molecule has 0 spiro atoms. The van der Waals surface area contributed by atoms with Gasteiger partial charge in [0.2, 0.25) is 0 Å². The summed E-state index contributed by atoms with van der Waals surface area (Å²) in [6.45, 7) is 3.42. The van der Waals surface area contributed by atoms with Crippen molar-refractivity contribution >= 4 is 23.3 Å². The topological polar surface area (TPSA) is 104 Å². The van der Waals surface area contributed by atoms with Crippen LogP contribution in [0.3, 0.4) is 0 Å². The fourth-order valence-corrected chi connectivity index (χ4v) is 4.20. The molecule has 138 valence electrons. The van der Waals surface area contributed by atoms with Gasteiger partial charge in [0.15, 0.2) is 0 Å².